The number of rotatable bonds is 8. The zero-order valence-corrected chi connectivity index (χ0v) is 10.5. The SMILES string of the molecule is CCCCCCNC(C)C(C)C(=O)OC. The molecule has 0 aliphatic carbocycles. The lowest BCUT2D eigenvalue weighted by Gasteiger charge is -2.19. The highest BCUT2D eigenvalue weighted by molar-refractivity contribution is 5.72. The van der Waals surface area contributed by atoms with E-state index in [1.54, 1.807) is 0 Å². The molecule has 0 aromatic rings. The molecule has 0 spiro atoms. The Morgan fingerprint density at radius 1 is 1.27 bits per heavy atom. The number of unbranched alkanes of at least 4 members (excludes halogenated alkanes) is 3. The van der Waals surface area contributed by atoms with E-state index >= 15 is 0 Å². The molecule has 2 unspecified atom stereocenters. The Morgan fingerprint density at radius 3 is 2.47 bits per heavy atom. The van der Waals surface area contributed by atoms with Crippen LogP contribution in [-0.4, -0.2) is 25.7 Å². The standard InChI is InChI=1S/C12H25NO2/c1-5-6-7-8-9-13-11(3)10(2)12(14)15-4/h10-11,13H,5-9H2,1-4H3. The number of hydrogen-bond donors (Lipinski definition) is 1. The Balaban J connectivity index is 3.55. The van der Waals surface area contributed by atoms with Gasteiger partial charge in [-0.25, -0.2) is 0 Å². The van der Waals surface area contributed by atoms with Crippen LogP contribution in [-0.2, 0) is 9.53 Å². The second kappa shape index (κ2) is 8.72. The quantitative estimate of drug-likeness (QED) is 0.499. The Morgan fingerprint density at radius 2 is 1.93 bits per heavy atom. The summed E-state index contributed by atoms with van der Waals surface area (Å²) < 4.78 is 4.70. The molecular formula is C12H25NO2. The van der Waals surface area contributed by atoms with Crippen molar-refractivity contribution in [1.29, 1.82) is 0 Å². The van der Waals surface area contributed by atoms with Gasteiger partial charge in [0.1, 0.15) is 0 Å². The average Bonchev–Trinajstić information content (AvgIpc) is 2.26. The minimum atomic E-state index is -0.136. The van der Waals surface area contributed by atoms with Gasteiger partial charge in [-0.15, -0.1) is 0 Å². The highest BCUT2D eigenvalue weighted by Gasteiger charge is 2.19. The van der Waals surface area contributed by atoms with E-state index in [1.807, 2.05) is 13.8 Å². The monoisotopic (exact) mass is 215 g/mol. The van der Waals surface area contributed by atoms with Gasteiger partial charge in [-0.1, -0.05) is 33.1 Å². The van der Waals surface area contributed by atoms with Crippen LogP contribution in [0.5, 0.6) is 0 Å². The fourth-order valence-corrected chi connectivity index (χ4v) is 1.45. The molecule has 0 bridgehead atoms. The van der Waals surface area contributed by atoms with Crippen molar-refractivity contribution >= 4 is 5.97 Å². The summed E-state index contributed by atoms with van der Waals surface area (Å²) in [5.74, 6) is -0.204. The van der Waals surface area contributed by atoms with Gasteiger partial charge in [0.15, 0.2) is 0 Å². The van der Waals surface area contributed by atoms with Gasteiger partial charge in [0.25, 0.3) is 0 Å². The first-order valence-electron chi connectivity index (χ1n) is 5.94. The van der Waals surface area contributed by atoms with Crippen molar-refractivity contribution in [2.24, 2.45) is 5.92 Å². The Kier molecular flexibility index (Phi) is 8.38. The Hall–Kier alpha value is -0.570. The van der Waals surface area contributed by atoms with E-state index in [2.05, 4.69) is 12.2 Å². The molecule has 1 N–H and O–H groups in total. The van der Waals surface area contributed by atoms with Crippen LogP contribution in [0.2, 0.25) is 0 Å². The lowest BCUT2D eigenvalue weighted by molar-refractivity contribution is -0.145. The molecule has 15 heavy (non-hydrogen) atoms. The number of methoxy groups -OCH3 is 1. The van der Waals surface area contributed by atoms with Crippen molar-refractivity contribution in [2.45, 2.75) is 52.5 Å². The van der Waals surface area contributed by atoms with Crippen molar-refractivity contribution in [1.82, 2.24) is 5.32 Å². The van der Waals surface area contributed by atoms with Crippen LogP contribution in [0, 0.1) is 5.92 Å². The van der Waals surface area contributed by atoms with Gasteiger partial charge in [0.05, 0.1) is 13.0 Å². The molecule has 0 saturated carbocycles. The molecule has 0 saturated heterocycles. The first kappa shape index (κ1) is 14.4. The molecular weight excluding hydrogens is 190 g/mol. The number of esters is 1. The van der Waals surface area contributed by atoms with Crippen LogP contribution < -0.4 is 5.32 Å². The van der Waals surface area contributed by atoms with Crippen LogP contribution in [0.4, 0.5) is 0 Å². The summed E-state index contributed by atoms with van der Waals surface area (Å²) in [7, 11) is 1.44. The van der Waals surface area contributed by atoms with E-state index in [0.29, 0.717) is 0 Å². The van der Waals surface area contributed by atoms with Gasteiger partial charge in [-0.2, -0.15) is 0 Å². The van der Waals surface area contributed by atoms with E-state index in [1.165, 1.54) is 32.8 Å². The van der Waals surface area contributed by atoms with Crippen LogP contribution in [0.25, 0.3) is 0 Å². The summed E-state index contributed by atoms with van der Waals surface area (Å²) >= 11 is 0. The van der Waals surface area contributed by atoms with E-state index < -0.39 is 0 Å². The number of carbonyl (C=O) groups is 1. The van der Waals surface area contributed by atoms with E-state index in [4.69, 9.17) is 4.74 Å². The molecule has 0 aliphatic heterocycles. The van der Waals surface area contributed by atoms with Gasteiger partial charge in [0.2, 0.25) is 0 Å². The molecule has 0 fully saturated rings. The summed E-state index contributed by atoms with van der Waals surface area (Å²) in [5, 5.41) is 3.36. The average molecular weight is 215 g/mol. The summed E-state index contributed by atoms with van der Waals surface area (Å²) in [4.78, 5) is 11.2. The molecule has 0 rings (SSSR count). The predicted octanol–water partition coefficient (Wildman–Crippen LogP) is 2.35. The number of ether oxygens (including phenoxy) is 1. The number of nitrogens with one attached hydrogen (secondary N) is 1. The van der Waals surface area contributed by atoms with Crippen LogP contribution >= 0.6 is 0 Å². The van der Waals surface area contributed by atoms with Gasteiger partial charge >= 0.3 is 5.97 Å². The maximum absolute atomic E-state index is 11.2. The molecule has 90 valence electrons. The zero-order chi connectivity index (χ0) is 11.7. The second-order valence-corrected chi connectivity index (χ2v) is 4.12. The molecule has 0 heterocycles. The van der Waals surface area contributed by atoms with Gasteiger partial charge in [0, 0.05) is 6.04 Å². The molecule has 0 amide bonds. The highest BCUT2D eigenvalue weighted by atomic mass is 16.5. The summed E-state index contributed by atoms with van der Waals surface area (Å²) in [6.45, 7) is 7.12. The van der Waals surface area contributed by atoms with E-state index in [-0.39, 0.29) is 17.9 Å². The third-order valence-electron chi connectivity index (χ3n) is 2.82. The summed E-state index contributed by atoms with van der Waals surface area (Å²) in [5.41, 5.74) is 0. The largest absolute Gasteiger partial charge is 0.469 e. The molecule has 3 nitrogen and oxygen atoms in total. The maximum Gasteiger partial charge on any atom is 0.309 e. The van der Waals surface area contributed by atoms with Gasteiger partial charge < -0.3 is 10.1 Å². The molecule has 0 aliphatic rings. The van der Waals surface area contributed by atoms with Crippen molar-refractivity contribution in [3.8, 4) is 0 Å². The third-order valence-corrected chi connectivity index (χ3v) is 2.82. The van der Waals surface area contributed by atoms with Crippen LogP contribution in [0.1, 0.15) is 46.5 Å². The minimum absolute atomic E-state index is 0.0684. The fourth-order valence-electron chi connectivity index (χ4n) is 1.45. The Labute approximate surface area is 93.6 Å². The molecule has 2 atom stereocenters. The highest BCUT2D eigenvalue weighted by Crippen LogP contribution is 2.05. The van der Waals surface area contributed by atoms with E-state index in [9.17, 15) is 4.79 Å². The molecule has 3 heteroatoms. The first-order valence-corrected chi connectivity index (χ1v) is 5.94. The second-order valence-electron chi connectivity index (χ2n) is 4.12. The lowest BCUT2D eigenvalue weighted by atomic mass is 10.0. The predicted molar refractivity (Wildman–Crippen MR) is 62.8 cm³/mol. The van der Waals surface area contributed by atoms with Crippen molar-refractivity contribution in [3.05, 3.63) is 0 Å². The number of carbonyl (C=O) groups excluding carboxylic acids is 1. The fraction of sp³-hybridized carbons (Fsp3) is 0.917. The van der Waals surface area contributed by atoms with Gasteiger partial charge in [-0.05, 0) is 19.9 Å². The molecule has 0 aromatic carbocycles. The molecule has 0 radical (unpaired) electrons. The molecule has 0 aromatic heterocycles. The van der Waals surface area contributed by atoms with Crippen molar-refractivity contribution in [2.75, 3.05) is 13.7 Å². The smallest absolute Gasteiger partial charge is 0.309 e. The maximum atomic E-state index is 11.2. The third kappa shape index (κ3) is 6.50. The summed E-state index contributed by atoms with van der Waals surface area (Å²) in [6, 6.07) is 0.194. The zero-order valence-electron chi connectivity index (χ0n) is 10.5. The van der Waals surface area contributed by atoms with Crippen LogP contribution in [0.15, 0.2) is 0 Å². The van der Waals surface area contributed by atoms with E-state index in [0.717, 1.165) is 6.54 Å². The van der Waals surface area contributed by atoms with Gasteiger partial charge in [-0.3, -0.25) is 4.79 Å². The normalized spacial score (nSPS) is 14.7. The Bertz CT molecular complexity index is 171. The first-order chi connectivity index (χ1) is 7.13. The lowest BCUT2D eigenvalue weighted by Crippen LogP contribution is -2.37. The minimum Gasteiger partial charge on any atom is -0.469 e. The number of hydrogen-bond acceptors (Lipinski definition) is 3. The summed E-state index contributed by atoms with van der Waals surface area (Å²) in [6.07, 6.45) is 5.01. The topological polar surface area (TPSA) is 38.3 Å². The van der Waals surface area contributed by atoms with Crippen molar-refractivity contribution < 1.29 is 9.53 Å². The van der Waals surface area contributed by atoms with Crippen LogP contribution in [0.3, 0.4) is 0 Å². The van der Waals surface area contributed by atoms with Crippen molar-refractivity contribution in [3.63, 3.8) is 0 Å².